The van der Waals surface area contributed by atoms with E-state index in [2.05, 4.69) is 22.0 Å². The quantitative estimate of drug-likeness (QED) is 0.782. The molecule has 2 atom stereocenters. The number of nitrogens with zero attached hydrogens (tertiary/aromatic N) is 3. The predicted molar refractivity (Wildman–Crippen MR) is 112 cm³/mol. The summed E-state index contributed by atoms with van der Waals surface area (Å²) in [5.74, 6) is 0. The van der Waals surface area contributed by atoms with Crippen LogP contribution in [0.4, 0.5) is 9.59 Å². The van der Waals surface area contributed by atoms with Crippen molar-refractivity contribution >= 4 is 12.1 Å². The van der Waals surface area contributed by atoms with Crippen molar-refractivity contribution in [1.29, 1.82) is 0 Å². The minimum absolute atomic E-state index is 0.0682. The molecule has 0 radical (unpaired) electrons. The fraction of sp³-hybridized carbons (Fsp3) is 0.909. The smallest absolute Gasteiger partial charge is 0.410 e. The normalized spacial score (nSPS) is 31.0. The van der Waals surface area contributed by atoms with E-state index in [1.807, 2.05) is 18.7 Å². The zero-order valence-electron chi connectivity index (χ0n) is 18.4. The summed E-state index contributed by atoms with van der Waals surface area (Å²) in [4.78, 5) is 31.5. The van der Waals surface area contributed by atoms with Crippen molar-refractivity contribution in [2.75, 3.05) is 26.2 Å². The molecule has 3 saturated heterocycles. The van der Waals surface area contributed by atoms with Gasteiger partial charge >= 0.3 is 12.1 Å². The molecule has 0 aromatic rings. The van der Waals surface area contributed by atoms with Gasteiger partial charge in [-0.25, -0.2) is 9.59 Å². The van der Waals surface area contributed by atoms with Gasteiger partial charge in [0.1, 0.15) is 0 Å². The molecule has 4 fully saturated rings. The van der Waals surface area contributed by atoms with Crippen LogP contribution in [-0.4, -0.2) is 82.8 Å². The van der Waals surface area contributed by atoms with Crippen LogP contribution in [0.25, 0.3) is 0 Å². The van der Waals surface area contributed by atoms with Gasteiger partial charge in [0.2, 0.25) is 0 Å². The van der Waals surface area contributed by atoms with Crippen LogP contribution < -0.4 is 5.32 Å². The SMILES string of the molecule is CC(C)OC(=O)N1CCC(C)(N2CCC(N3C(=O)N[C@@H]4CCCC[C@H]43)CC2)CC1. The Morgan fingerprint density at radius 1 is 1.07 bits per heavy atom. The molecule has 0 aromatic heterocycles. The zero-order chi connectivity index (χ0) is 20.6. The Kier molecular flexibility index (Phi) is 5.96. The third kappa shape index (κ3) is 4.21. The highest BCUT2D eigenvalue weighted by molar-refractivity contribution is 5.78. The first-order chi connectivity index (χ1) is 13.9. The highest BCUT2D eigenvalue weighted by Crippen LogP contribution is 2.35. The molecule has 3 amide bonds. The van der Waals surface area contributed by atoms with Crippen LogP contribution in [0.1, 0.15) is 72.1 Å². The van der Waals surface area contributed by atoms with Gasteiger partial charge in [-0.1, -0.05) is 12.8 Å². The minimum Gasteiger partial charge on any atom is -0.447 e. The fourth-order valence-electron chi connectivity index (χ4n) is 5.88. The van der Waals surface area contributed by atoms with Crippen molar-refractivity contribution in [1.82, 2.24) is 20.0 Å². The summed E-state index contributed by atoms with van der Waals surface area (Å²) in [6.45, 7) is 9.74. The third-order valence-electron chi connectivity index (χ3n) is 7.69. The van der Waals surface area contributed by atoms with Gasteiger partial charge in [-0.05, 0) is 59.3 Å². The largest absolute Gasteiger partial charge is 0.447 e. The lowest BCUT2D eigenvalue weighted by molar-refractivity contribution is -0.00233. The second-order valence-electron chi connectivity index (χ2n) is 9.95. The second kappa shape index (κ2) is 8.32. The summed E-state index contributed by atoms with van der Waals surface area (Å²) >= 11 is 0. The number of likely N-dealkylation sites (tertiary alicyclic amines) is 2. The molecule has 7 heteroatoms. The van der Waals surface area contributed by atoms with E-state index in [4.69, 9.17) is 4.74 Å². The molecular formula is C22H38N4O3. The van der Waals surface area contributed by atoms with Crippen molar-refractivity contribution < 1.29 is 14.3 Å². The molecule has 164 valence electrons. The van der Waals surface area contributed by atoms with E-state index in [1.165, 1.54) is 12.8 Å². The predicted octanol–water partition coefficient (Wildman–Crippen LogP) is 3.19. The molecule has 29 heavy (non-hydrogen) atoms. The van der Waals surface area contributed by atoms with Gasteiger partial charge in [0.15, 0.2) is 0 Å². The molecule has 1 aliphatic carbocycles. The highest BCUT2D eigenvalue weighted by Gasteiger charge is 2.46. The van der Waals surface area contributed by atoms with E-state index in [0.29, 0.717) is 18.1 Å². The molecule has 0 unspecified atom stereocenters. The van der Waals surface area contributed by atoms with Crippen LogP contribution in [0, 0.1) is 0 Å². The van der Waals surface area contributed by atoms with Crippen LogP contribution in [0.5, 0.6) is 0 Å². The van der Waals surface area contributed by atoms with Gasteiger partial charge in [-0.3, -0.25) is 4.90 Å². The van der Waals surface area contributed by atoms with Crippen molar-refractivity contribution in [2.45, 2.75) is 102 Å². The lowest BCUT2D eigenvalue weighted by Gasteiger charge is -2.50. The average molecular weight is 407 g/mol. The molecule has 7 nitrogen and oxygen atoms in total. The number of hydrogen-bond donors (Lipinski definition) is 1. The Morgan fingerprint density at radius 3 is 2.38 bits per heavy atom. The molecule has 0 bridgehead atoms. The number of carbonyl (C=O) groups excluding carboxylic acids is 2. The molecule has 0 aromatic carbocycles. The van der Waals surface area contributed by atoms with Gasteiger partial charge in [0, 0.05) is 37.8 Å². The summed E-state index contributed by atoms with van der Waals surface area (Å²) in [7, 11) is 0. The molecule has 4 rings (SSSR count). The topological polar surface area (TPSA) is 65.1 Å². The lowest BCUT2D eigenvalue weighted by atomic mass is 9.85. The van der Waals surface area contributed by atoms with Crippen molar-refractivity contribution in [3.63, 3.8) is 0 Å². The fourth-order valence-corrected chi connectivity index (χ4v) is 5.88. The van der Waals surface area contributed by atoms with Gasteiger partial charge in [0.25, 0.3) is 0 Å². The van der Waals surface area contributed by atoms with Gasteiger partial charge < -0.3 is 19.9 Å². The maximum atomic E-state index is 12.6. The van der Waals surface area contributed by atoms with E-state index in [0.717, 1.165) is 64.7 Å². The first kappa shape index (κ1) is 20.8. The standard InChI is InChI=1S/C22H38N4O3/c1-16(2)29-21(28)24-14-10-22(3,11-15-24)25-12-8-17(9-13-25)26-19-7-5-4-6-18(19)23-20(26)27/h16-19H,4-15H2,1-3H3,(H,23,27)/t18-,19-/m1/s1. The number of urea groups is 1. The molecule has 3 heterocycles. The van der Waals surface area contributed by atoms with Crippen LogP contribution in [-0.2, 0) is 4.74 Å². The van der Waals surface area contributed by atoms with Crippen molar-refractivity contribution in [3.05, 3.63) is 0 Å². The number of ether oxygens (including phenoxy) is 1. The number of fused-ring (bicyclic) bond motifs is 1. The second-order valence-corrected chi connectivity index (χ2v) is 9.95. The third-order valence-corrected chi connectivity index (χ3v) is 7.69. The molecule has 0 spiro atoms. The van der Waals surface area contributed by atoms with Gasteiger partial charge in [-0.2, -0.15) is 0 Å². The van der Waals surface area contributed by atoms with Gasteiger partial charge in [-0.15, -0.1) is 0 Å². The van der Waals surface area contributed by atoms with E-state index in [1.54, 1.807) is 0 Å². The molecule has 1 saturated carbocycles. The maximum Gasteiger partial charge on any atom is 0.410 e. The Bertz CT molecular complexity index is 609. The van der Waals surface area contributed by atoms with E-state index in [9.17, 15) is 9.59 Å². The monoisotopic (exact) mass is 406 g/mol. The Hall–Kier alpha value is -1.50. The Balaban J connectivity index is 1.29. The lowest BCUT2D eigenvalue weighted by Crippen LogP contribution is -2.59. The van der Waals surface area contributed by atoms with Gasteiger partial charge in [0.05, 0.1) is 18.2 Å². The van der Waals surface area contributed by atoms with Crippen LogP contribution in [0.3, 0.4) is 0 Å². The van der Waals surface area contributed by atoms with E-state index < -0.39 is 0 Å². The number of rotatable bonds is 3. The van der Waals surface area contributed by atoms with Crippen LogP contribution >= 0.6 is 0 Å². The summed E-state index contributed by atoms with van der Waals surface area (Å²) in [6, 6.07) is 1.34. The molecule has 3 aliphatic heterocycles. The number of amides is 3. The van der Waals surface area contributed by atoms with Crippen molar-refractivity contribution in [2.24, 2.45) is 0 Å². The Morgan fingerprint density at radius 2 is 1.72 bits per heavy atom. The number of nitrogens with one attached hydrogen (secondary N) is 1. The number of carbonyl (C=O) groups is 2. The first-order valence-corrected chi connectivity index (χ1v) is 11.7. The highest BCUT2D eigenvalue weighted by atomic mass is 16.6. The van der Waals surface area contributed by atoms with Crippen LogP contribution in [0.15, 0.2) is 0 Å². The summed E-state index contributed by atoms with van der Waals surface area (Å²) in [5, 5.41) is 3.24. The van der Waals surface area contributed by atoms with Crippen molar-refractivity contribution in [3.8, 4) is 0 Å². The summed E-state index contributed by atoms with van der Waals surface area (Å²) in [6.07, 6.45) is 8.64. The average Bonchev–Trinajstić information content (AvgIpc) is 3.04. The molecular weight excluding hydrogens is 368 g/mol. The van der Waals surface area contributed by atoms with Crippen LogP contribution in [0.2, 0.25) is 0 Å². The zero-order valence-corrected chi connectivity index (χ0v) is 18.4. The van der Waals surface area contributed by atoms with E-state index >= 15 is 0 Å². The number of piperidine rings is 2. The minimum atomic E-state index is -0.178. The molecule has 1 N–H and O–H groups in total. The first-order valence-electron chi connectivity index (χ1n) is 11.7. The summed E-state index contributed by atoms with van der Waals surface area (Å²) in [5.41, 5.74) is 0.139. The summed E-state index contributed by atoms with van der Waals surface area (Å²) < 4.78 is 5.36. The Labute approximate surface area is 175 Å². The number of hydrogen-bond acceptors (Lipinski definition) is 4. The molecule has 4 aliphatic rings. The van der Waals surface area contributed by atoms with E-state index in [-0.39, 0.29) is 23.8 Å². The maximum absolute atomic E-state index is 12.6.